The average Bonchev–Trinajstić information content (AvgIpc) is 0.797. The van der Waals surface area contributed by atoms with Crippen LogP contribution in [0.4, 0.5) is 0 Å². The molecule has 0 radical (unpaired) electrons. The van der Waals surface area contributed by atoms with Gasteiger partial charge in [-0.1, -0.05) is 237 Å². The van der Waals surface area contributed by atoms with Gasteiger partial charge in [-0.25, -0.2) is 18.3 Å². The van der Waals surface area contributed by atoms with Crippen molar-refractivity contribution in [2.75, 3.05) is 0 Å². The number of aromatic nitrogens is 4. The summed E-state index contributed by atoms with van der Waals surface area (Å²) in [6.45, 7) is 75.1. The van der Waals surface area contributed by atoms with Gasteiger partial charge in [0.05, 0.1) is 32.3 Å². The molecule has 8 rings (SSSR count). The van der Waals surface area contributed by atoms with Crippen molar-refractivity contribution >= 4 is 53.0 Å². The summed E-state index contributed by atoms with van der Waals surface area (Å²) in [7, 11) is 3.37. The predicted molar refractivity (Wildman–Crippen MR) is 453 cm³/mol. The number of aryl methyl sites for hydroxylation is 9. The Hall–Kier alpha value is -5.65. The molecule has 544 valence electrons. The zero-order chi connectivity index (χ0) is 75.8. The highest BCUT2D eigenvalue weighted by Crippen LogP contribution is 2.32. The van der Waals surface area contributed by atoms with Crippen molar-refractivity contribution in [3.8, 4) is 45.0 Å². The van der Waals surface area contributed by atoms with Gasteiger partial charge < -0.3 is 0 Å². The van der Waals surface area contributed by atoms with Crippen LogP contribution in [0.3, 0.4) is 0 Å². The SMILES string of the molecule is Cc1cc(C(C)(C)C)ccc1-c1cc(CC(C)C)c([Si](C)(C)C)c[n+]1C.Cc1cc(C(C)C)ccc1-c1cc(CC(C)C)c([Si](C)(C)C)c[n+]1C.Cc1cc(CC(C)C)ccc1-c1cc(CC(C)C)c([Si](C)(C)C)c[n+]1C.Cc1ccc(-c2cc(CC(C)C)c([Si](C)(C)C)c[n+]2C)c(C)c1. The van der Waals surface area contributed by atoms with Crippen LogP contribution in [0.15, 0.2) is 122 Å². The average molecular weight is 1420 g/mol. The molecule has 4 aromatic carbocycles. The third kappa shape index (κ3) is 23.7. The Kier molecular flexibility index (Phi) is 29.5. The van der Waals surface area contributed by atoms with E-state index < -0.39 is 32.3 Å². The molecule has 0 unspecified atom stereocenters. The third-order valence-corrected chi connectivity index (χ3v) is 27.9. The zero-order valence-corrected chi connectivity index (χ0v) is 74.8. The van der Waals surface area contributed by atoms with Crippen LogP contribution in [0.5, 0.6) is 0 Å². The second kappa shape index (κ2) is 34.8. The van der Waals surface area contributed by atoms with E-state index in [4.69, 9.17) is 0 Å². The normalized spacial score (nSPS) is 12.3. The number of hydrogen-bond donors (Lipinski definition) is 0. The maximum atomic E-state index is 2.47. The monoisotopic (exact) mass is 1420 g/mol. The maximum absolute atomic E-state index is 2.47. The first-order chi connectivity index (χ1) is 45.9. The molecule has 0 saturated carbocycles. The number of nitrogens with zero attached hydrogens (tertiary/aromatic N) is 4. The summed E-state index contributed by atoms with van der Waals surface area (Å²) in [5.74, 6) is 4.00. The molecular formula is C92H144N4Si4+4. The number of pyridine rings is 4. The summed E-state index contributed by atoms with van der Waals surface area (Å²) in [6.07, 6.45) is 15.4. The van der Waals surface area contributed by atoms with E-state index in [0.29, 0.717) is 35.5 Å². The molecule has 4 aromatic heterocycles. The lowest BCUT2D eigenvalue weighted by atomic mass is 9.85. The van der Waals surface area contributed by atoms with Gasteiger partial charge in [-0.05, 0) is 193 Å². The molecule has 0 spiro atoms. The van der Waals surface area contributed by atoms with Gasteiger partial charge in [0.25, 0.3) is 0 Å². The van der Waals surface area contributed by atoms with Crippen LogP contribution < -0.4 is 39.0 Å². The molecule has 0 saturated heterocycles. The number of benzene rings is 4. The fourth-order valence-electron chi connectivity index (χ4n) is 14.4. The molecule has 0 aliphatic carbocycles. The quantitative estimate of drug-likeness (QED) is 0.0566. The van der Waals surface area contributed by atoms with Gasteiger partial charge in [-0.2, -0.15) is 0 Å². The first-order valence-electron chi connectivity index (χ1n) is 38.4. The van der Waals surface area contributed by atoms with Crippen molar-refractivity contribution in [2.45, 2.75) is 260 Å². The zero-order valence-electron chi connectivity index (χ0n) is 70.8. The standard InChI is InChI=1S/2C24H38NSi.C23H36NSi.C21H32NSi/c1-17(2)13-19-15-22(25(7)16-23(19)26(8,9)10)21-12-11-20(14-18(21)3)24(4,5)6;1-17(2)12-20-10-11-22(19(5)14-20)23-15-21(13-18(3)4)24(16-25(23)6)26(7,8)9;1-16(2)12-20-14-22(24(6)15-23(20)25(7,8)9)21-11-10-19(17(3)4)13-18(21)5;1-15(2)11-18-13-20(19-10-9-16(3)12-17(19)4)22(5)14-21(18)23(6,7)8/h11-12,14-17H,13H2,1-10H3;10-11,14-18H,12-13H2,1-9H3;10-11,13-17H,12H2,1-9H3;9-10,12-15H,11H2,1-8H3/q4*+1. The van der Waals surface area contributed by atoms with E-state index in [-0.39, 0.29) is 5.41 Å². The van der Waals surface area contributed by atoms with E-state index in [0.717, 1.165) is 25.7 Å². The molecule has 0 amide bonds. The Morgan fingerprint density at radius 1 is 0.310 bits per heavy atom. The van der Waals surface area contributed by atoms with Gasteiger partial charge in [-0.3, -0.25) is 0 Å². The molecule has 0 N–H and O–H groups in total. The molecule has 0 bridgehead atoms. The predicted octanol–water partition coefficient (Wildman–Crippen LogP) is 20.8. The molecule has 4 heterocycles. The first kappa shape index (κ1) is 85.0. The lowest BCUT2D eigenvalue weighted by molar-refractivity contribution is -0.659. The smallest absolute Gasteiger partial charge is 0.201 e. The van der Waals surface area contributed by atoms with Crippen LogP contribution in [0.2, 0.25) is 78.6 Å². The molecule has 8 aromatic rings. The van der Waals surface area contributed by atoms with Crippen molar-refractivity contribution < 1.29 is 18.3 Å². The number of rotatable bonds is 19. The minimum absolute atomic E-state index is 0.190. The van der Waals surface area contributed by atoms with Crippen molar-refractivity contribution in [1.29, 1.82) is 0 Å². The lowest BCUT2D eigenvalue weighted by Gasteiger charge is -2.22. The molecule has 0 fully saturated rings. The van der Waals surface area contributed by atoms with E-state index in [1.54, 1.807) is 43.0 Å². The third-order valence-electron chi connectivity index (χ3n) is 19.6. The molecular weight excluding hydrogens is 1270 g/mol. The largest absolute Gasteiger partial charge is 0.212 e. The molecule has 8 heteroatoms. The molecule has 0 aliphatic heterocycles. The van der Waals surface area contributed by atoms with Crippen LogP contribution in [-0.2, 0) is 65.7 Å². The van der Waals surface area contributed by atoms with Crippen LogP contribution >= 0.6 is 0 Å². The van der Waals surface area contributed by atoms with Crippen molar-refractivity contribution in [2.24, 2.45) is 57.8 Å². The van der Waals surface area contributed by atoms with Crippen LogP contribution in [0.25, 0.3) is 45.0 Å². The van der Waals surface area contributed by atoms with Crippen molar-refractivity contribution in [1.82, 2.24) is 0 Å². The minimum atomic E-state index is -1.37. The summed E-state index contributed by atoms with van der Waals surface area (Å²) in [5.41, 5.74) is 28.3. The summed E-state index contributed by atoms with van der Waals surface area (Å²) < 4.78 is 9.36. The lowest BCUT2D eigenvalue weighted by Crippen LogP contribution is -2.47. The Bertz CT molecular complexity index is 4070. The molecule has 100 heavy (non-hydrogen) atoms. The van der Waals surface area contributed by atoms with Gasteiger partial charge in [0.15, 0.2) is 24.8 Å². The first-order valence-corrected chi connectivity index (χ1v) is 52.4. The van der Waals surface area contributed by atoms with E-state index >= 15 is 0 Å². The fraction of sp³-hybridized carbons (Fsp3) is 0.522. The molecule has 4 nitrogen and oxygen atoms in total. The van der Waals surface area contributed by atoms with Crippen LogP contribution in [0.1, 0.15) is 177 Å². The number of hydrogen-bond acceptors (Lipinski definition) is 0. The second-order valence-corrected chi connectivity index (χ2v) is 58.0. The maximum Gasteiger partial charge on any atom is 0.212 e. The Morgan fingerprint density at radius 3 is 0.830 bits per heavy atom. The van der Waals surface area contributed by atoms with E-state index in [2.05, 4.69) is 385 Å². The van der Waals surface area contributed by atoms with E-state index in [9.17, 15) is 0 Å². The Labute approximate surface area is 619 Å². The van der Waals surface area contributed by atoms with Crippen LogP contribution in [-0.4, -0.2) is 32.3 Å². The van der Waals surface area contributed by atoms with E-state index in [1.807, 2.05) is 0 Å². The molecule has 0 aliphatic rings. The van der Waals surface area contributed by atoms with E-state index in [1.165, 1.54) is 96.0 Å². The summed E-state index contributed by atoms with van der Waals surface area (Å²) in [4.78, 5) is 0. The fourth-order valence-corrected chi connectivity index (χ4v) is 21.3. The van der Waals surface area contributed by atoms with Crippen molar-refractivity contribution in [3.05, 3.63) is 189 Å². The summed E-state index contributed by atoms with van der Waals surface area (Å²) in [6, 6.07) is 37.6. The highest BCUT2D eigenvalue weighted by Gasteiger charge is 2.32. The van der Waals surface area contributed by atoms with Gasteiger partial charge in [-0.15, -0.1) is 0 Å². The topological polar surface area (TPSA) is 15.5 Å². The summed E-state index contributed by atoms with van der Waals surface area (Å²) in [5, 5.41) is 6.40. The van der Waals surface area contributed by atoms with Gasteiger partial charge in [0.1, 0.15) is 28.2 Å². The second-order valence-electron chi connectivity index (χ2n) is 37.8. The highest BCUT2D eigenvalue weighted by atomic mass is 28.3. The van der Waals surface area contributed by atoms with Gasteiger partial charge >= 0.3 is 0 Å². The Morgan fingerprint density at radius 2 is 0.580 bits per heavy atom. The molecule has 0 atom stereocenters. The Balaban J connectivity index is 0.000000241. The van der Waals surface area contributed by atoms with Crippen molar-refractivity contribution in [3.63, 3.8) is 0 Å². The summed E-state index contributed by atoms with van der Waals surface area (Å²) >= 11 is 0. The van der Waals surface area contributed by atoms with Gasteiger partial charge in [0, 0.05) is 67.3 Å². The minimum Gasteiger partial charge on any atom is -0.201 e. The highest BCUT2D eigenvalue weighted by molar-refractivity contribution is 6.90. The van der Waals surface area contributed by atoms with Gasteiger partial charge in [0.2, 0.25) is 22.8 Å². The van der Waals surface area contributed by atoms with Crippen LogP contribution in [0, 0.1) is 64.2 Å².